The van der Waals surface area contributed by atoms with Crippen LogP contribution in [0.3, 0.4) is 0 Å². The summed E-state index contributed by atoms with van der Waals surface area (Å²) in [6.45, 7) is 0. The molecule has 80 valence electrons. The van der Waals surface area contributed by atoms with E-state index in [9.17, 15) is 10.1 Å². The third kappa shape index (κ3) is 3.52. The van der Waals surface area contributed by atoms with Crippen molar-refractivity contribution in [3.8, 4) is 0 Å². The third-order valence-electron chi connectivity index (χ3n) is 1.63. The van der Waals surface area contributed by atoms with E-state index in [4.69, 9.17) is 11.1 Å². The van der Waals surface area contributed by atoms with Crippen molar-refractivity contribution in [2.45, 2.75) is 5.75 Å². The monoisotopic (exact) mass is 289 g/mol. The second-order valence-electron chi connectivity index (χ2n) is 2.68. The van der Waals surface area contributed by atoms with Gasteiger partial charge in [-0.2, -0.15) is 0 Å². The fourth-order valence-electron chi connectivity index (χ4n) is 0.985. The van der Waals surface area contributed by atoms with E-state index in [-0.39, 0.29) is 10.9 Å². The van der Waals surface area contributed by atoms with E-state index in [2.05, 4.69) is 15.9 Å². The number of nitro groups is 1. The van der Waals surface area contributed by atoms with Gasteiger partial charge in [-0.05, 0) is 6.07 Å². The molecule has 0 saturated carbocycles. The van der Waals surface area contributed by atoms with Crippen LogP contribution < -0.4 is 5.73 Å². The zero-order valence-electron chi connectivity index (χ0n) is 7.57. The molecule has 1 rings (SSSR count). The van der Waals surface area contributed by atoms with Gasteiger partial charge in [0.1, 0.15) is 0 Å². The average Bonchev–Trinajstić information content (AvgIpc) is 2.15. The van der Waals surface area contributed by atoms with Crippen molar-refractivity contribution in [3.63, 3.8) is 0 Å². The molecule has 0 fully saturated rings. The number of amidine groups is 1. The fourth-order valence-corrected chi connectivity index (χ4v) is 1.89. The highest BCUT2D eigenvalue weighted by atomic mass is 79.9. The Balaban J connectivity index is 2.95. The molecule has 0 heterocycles. The molecule has 0 aliphatic heterocycles. The number of nitrogens with two attached hydrogens (primary N) is 1. The number of nitrogens with one attached hydrogen (secondary N) is 1. The Morgan fingerprint density at radius 2 is 2.33 bits per heavy atom. The number of nitrogens with zero attached hydrogens (tertiary/aromatic N) is 1. The topological polar surface area (TPSA) is 93.0 Å². The molecule has 0 bridgehead atoms. The van der Waals surface area contributed by atoms with Crippen LogP contribution in [0.2, 0.25) is 0 Å². The Kier molecular flexibility index (Phi) is 4.10. The van der Waals surface area contributed by atoms with Crippen molar-refractivity contribution in [1.29, 1.82) is 5.41 Å². The molecule has 5 nitrogen and oxygen atoms in total. The number of nitro benzene ring substituents is 1. The number of benzene rings is 1. The van der Waals surface area contributed by atoms with Crippen LogP contribution in [0, 0.1) is 15.5 Å². The molecule has 0 saturated heterocycles. The molecule has 0 amide bonds. The lowest BCUT2D eigenvalue weighted by atomic mass is 10.2. The molecule has 0 aromatic heterocycles. The molecule has 1 aromatic carbocycles. The maximum atomic E-state index is 10.7. The average molecular weight is 290 g/mol. The number of hydrogen-bond donors (Lipinski definition) is 2. The molecule has 0 aliphatic carbocycles. The normalized spacial score (nSPS) is 9.93. The summed E-state index contributed by atoms with van der Waals surface area (Å²) >= 11 is 4.23. The second kappa shape index (κ2) is 5.13. The van der Waals surface area contributed by atoms with Crippen molar-refractivity contribution >= 4 is 38.5 Å². The minimum Gasteiger partial charge on any atom is -0.379 e. The maximum Gasteiger partial charge on any atom is 0.274 e. The first-order valence-corrected chi connectivity index (χ1v) is 5.68. The molecule has 0 unspecified atom stereocenters. The summed E-state index contributed by atoms with van der Waals surface area (Å²) in [6.07, 6.45) is 0. The Morgan fingerprint density at radius 1 is 1.67 bits per heavy atom. The molecule has 0 spiro atoms. The van der Waals surface area contributed by atoms with Gasteiger partial charge in [-0.3, -0.25) is 15.5 Å². The number of hydrogen-bond acceptors (Lipinski definition) is 4. The van der Waals surface area contributed by atoms with Crippen LogP contribution >= 0.6 is 27.7 Å². The second-order valence-corrected chi connectivity index (χ2v) is 4.62. The van der Waals surface area contributed by atoms with Crippen molar-refractivity contribution in [2.24, 2.45) is 5.73 Å². The minimum atomic E-state index is -0.444. The molecular weight excluding hydrogens is 282 g/mol. The van der Waals surface area contributed by atoms with Crippen LogP contribution in [-0.4, -0.2) is 10.1 Å². The first-order valence-electron chi connectivity index (χ1n) is 3.90. The quantitative estimate of drug-likeness (QED) is 0.387. The van der Waals surface area contributed by atoms with E-state index in [0.717, 1.165) is 11.8 Å². The summed E-state index contributed by atoms with van der Waals surface area (Å²) in [5, 5.41) is 17.7. The van der Waals surface area contributed by atoms with Crippen molar-refractivity contribution in [3.05, 3.63) is 38.3 Å². The van der Waals surface area contributed by atoms with Crippen molar-refractivity contribution in [2.75, 3.05) is 0 Å². The van der Waals surface area contributed by atoms with Gasteiger partial charge in [0.15, 0.2) is 5.17 Å². The lowest BCUT2D eigenvalue weighted by Crippen LogP contribution is -2.04. The van der Waals surface area contributed by atoms with Gasteiger partial charge in [0, 0.05) is 21.9 Å². The largest absolute Gasteiger partial charge is 0.379 e. The molecule has 15 heavy (non-hydrogen) atoms. The first kappa shape index (κ1) is 12.0. The Labute approximate surface area is 98.8 Å². The molecule has 0 atom stereocenters. The van der Waals surface area contributed by atoms with Crippen LogP contribution in [0.25, 0.3) is 0 Å². The van der Waals surface area contributed by atoms with Gasteiger partial charge < -0.3 is 5.73 Å². The van der Waals surface area contributed by atoms with Crippen LogP contribution in [0.5, 0.6) is 0 Å². The van der Waals surface area contributed by atoms with Crippen LogP contribution in [-0.2, 0) is 5.75 Å². The minimum absolute atomic E-state index is 0.0399. The molecular formula is C8H8BrN3O2S. The van der Waals surface area contributed by atoms with Gasteiger partial charge in [-0.1, -0.05) is 33.8 Å². The summed E-state index contributed by atoms with van der Waals surface area (Å²) in [5.41, 5.74) is 5.76. The van der Waals surface area contributed by atoms with Crippen molar-refractivity contribution < 1.29 is 4.92 Å². The van der Waals surface area contributed by atoms with Crippen LogP contribution in [0.1, 0.15) is 5.56 Å². The van der Waals surface area contributed by atoms with Gasteiger partial charge in [-0.25, -0.2) is 0 Å². The standard InChI is InChI=1S/C8H8BrN3O2S/c9-6-2-1-5(4-15-8(10)11)7(3-6)12(13)14/h1-3H,4H2,(H3,10,11). The van der Waals surface area contributed by atoms with E-state index >= 15 is 0 Å². The molecule has 3 N–H and O–H groups in total. The zero-order valence-corrected chi connectivity index (χ0v) is 9.97. The van der Waals surface area contributed by atoms with Crippen LogP contribution in [0.4, 0.5) is 5.69 Å². The van der Waals surface area contributed by atoms with E-state index in [0.29, 0.717) is 15.8 Å². The van der Waals surface area contributed by atoms with Gasteiger partial charge >= 0.3 is 0 Å². The number of thioether (sulfide) groups is 1. The third-order valence-corrected chi connectivity index (χ3v) is 2.89. The summed E-state index contributed by atoms with van der Waals surface area (Å²) in [4.78, 5) is 10.3. The highest BCUT2D eigenvalue weighted by Crippen LogP contribution is 2.26. The van der Waals surface area contributed by atoms with E-state index in [1.54, 1.807) is 12.1 Å². The van der Waals surface area contributed by atoms with Gasteiger partial charge in [-0.15, -0.1) is 0 Å². The molecule has 7 heteroatoms. The lowest BCUT2D eigenvalue weighted by Gasteiger charge is -2.02. The van der Waals surface area contributed by atoms with Gasteiger partial charge in [0.2, 0.25) is 0 Å². The molecule has 1 aromatic rings. The lowest BCUT2D eigenvalue weighted by molar-refractivity contribution is -0.385. The van der Waals surface area contributed by atoms with E-state index < -0.39 is 4.92 Å². The number of rotatable bonds is 3. The highest BCUT2D eigenvalue weighted by Gasteiger charge is 2.14. The smallest absolute Gasteiger partial charge is 0.274 e. The van der Waals surface area contributed by atoms with Gasteiger partial charge in [0.05, 0.1) is 4.92 Å². The van der Waals surface area contributed by atoms with E-state index in [1.807, 2.05) is 0 Å². The summed E-state index contributed by atoms with van der Waals surface area (Å²) in [5.74, 6) is 0.332. The van der Waals surface area contributed by atoms with E-state index in [1.165, 1.54) is 6.07 Å². The van der Waals surface area contributed by atoms with Crippen molar-refractivity contribution in [1.82, 2.24) is 0 Å². The Morgan fingerprint density at radius 3 is 2.87 bits per heavy atom. The molecule has 0 radical (unpaired) electrons. The Bertz CT molecular complexity index is 411. The predicted octanol–water partition coefficient (Wildman–Crippen LogP) is 2.48. The summed E-state index contributed by atoms with van der Waals surface area (Å²) < 4.78 is 0.658. The molecule has 0 aliphatic rings. The Hall–Kier alpha value is -1.08. The SMILES string of the molecule is N=C(N)SCc1ccc(Br)cc1[N+](=O)[O-]. The zero-order chi connectivity index (χ0) is 11.4. The first-order chi connectivity index (χ1) is 7.00. The predicted molar refractivity (Wildman–Crippen MR) is 64.0 cm³/mol. The van der Waals surface area contributed by atoms with Crippen LogP contribution in [0.15, 0.2) is 22.7 Å². The highest BCUT2D eigenvalue weighted by molar-refractivity contribution is 9.10. The number of halogens is 1. The summed E-state index contributed by atoms with van der Waals surface area (Å²) in [6, 6.07) is 4.82. The van der Waals surface area contributed by atoms with Gasteiger partial charge in [0.25, 0.3) is 5.69 Å². The summed E-state index contributed by atoms with van der Waals surface area (Å²) in [7, 11) is 0. The fraction of sp³-hybridized carbons (Fsp3) is 0.125. The maximum absolute atomic E-state index is 10.7.